The number of nitrogens with zero attached hydrogens (tertiary/aromatic N) is 1. The molecule has 0 aliphatic carbocycles. The largest absolute Gasteiger partial charge is 0.480 e. The quantitative estimate of drug-likeness (QED) is 0.822. The zero-order chi connectivity index (χ0) is 11.5. The van der Waals surface area contributed by atoms with Crippen LogP contribution in [-0.4, -0.2) is 22.6 Å². The van der Waals surface area contributed by atoms with Gasteiger partial charge in [-0.25, -0.2) is 4.98 Å². The summed E-state index contributed by atoms with van der Waals surface area (Å²) >= 11 is 1.56. The van der Waals surface area contributed by atoms with Crippen LogP contribution in [0.15, 0.2) is 5.38 Å². The number of thiazole rings is 1. The van der Waals surface area contributed by atoms with E-state index in [0.717, 1.165) is 10.7 Å². The number of carbonyl (C=O) groups is 1. The molecule has 1 heterocycles. The molecule has 0 spiro atoms. The molecule has 2 N–H and O–H groups in total. The molecular weight excluding hydrogens is 212 g/mol. The van der Waals surface area contributed by atoms with E-state index in [0.29, 0.717) is 6.54 Å². The number of hydrogen-bond acceptors (Lipinski definition) is 4. The molecular formula is C10H16N2O2S. The van der Waals surface area contributed by atoms with Crippen molar-refractivity contribution in [1.82, 2.24) is 10.3 Å². The highest BCUT2D eigenvalue weighted by Crippen LogP contribution is 2.23. The van der Waals surface area contributed by atoms with Crippen molar-refractivity contribution in [2.24, 2.45) is 0 Å². The topological polar surface area (TPSA) is 62.2 Å². The first-order valence-corrected chi connectivity index (χ1v) is 5.65. The zero-order valence-electron chi connectivity index (χ0n) is 9.20. The van der Waals surface area contributed by atoms with Crippen LogP contribution in [0.5, 0.6) is 0 Å². The molecule has 0 bridgehead atoms. The second-order valence-corrected chi connectivity index (χ2v) is 5.32. The standard InChI is InChI=1S/C10H16N2O2S/c1-10(2,3)7-6-15-8(12-7)4-11-5-9(13)14/h6,11H,4-5H2,1-3H3,(H,13,14). The van der Waals surface area contributed by atoms with Crippen LogP contribution < -0.4 is 5.32 Å². The van der Waals surface area contributed by atoms with E-state index >= 15 is 0 Å². The summed E-state index contributed by atoms with van der Waals surface area (Å²) in [6.45, 7) is 6.82. The fourth-order valence-corrected chi connectivity index (χ4v) is 2.00. The Morgan fingerprint density at radius 2 is 2.27 bits per heavy atom. The van der Waals surface area contributed by atoms with Gasteiger partial charge < -0.3 is 10.4 Å². The molecule has 0 saturated carbocycles. The van der Waals surface area contributed by atoms with Gasteiger partial charge in [0.1, 0.15) is 5.01 Å². The molecule has 0 aromatic carbocycles. The van der Waals surface area contributed by atoms with Crippen molar-refractivity contribution >= 4 is 17.3 Å². The van der Waals surface area contributed by atoms with Crippen molar-refractivity contribution in [3.8, 4) is 0 Å². The number of carboxylic acid groups (broad SMARTS) is 1. The minimum Gasteiger partial charge on any atom is -0.480 e. The molecule has 0 fully saturated rings. The number of hydrogen-bond donors (Lipinski definition) is 2. The van der Waals surface area contributed by atoms with Gasteiger partial charge in [-0.05, 0) is 0 Å². The van der Waals surface area contributed by atoms with Crippen molar-refractivity contribution in [2.75, 3.05) is 6.54 Å². The first-order chi connectivity index (χ1) is 6.89. The van der Waals surface area contributed by atoms with Crippen LogP contribution in [0.4, 0.5) is 0 Å². The molecule has 0 atom stereocenters. The van der Waals surface area contributed by atoms with Crippen molar-refractivity contribution in [1.29, 1.82) is 0 Å². The lowest BCUT2D eigenvalue weighted by atomic mass is 9.93. The zero-order valence-corrected chi connectivity index (χ0v) is 10.0. The van der Waals surface area contributed by atoms with Crippen molar-refractivity contribution < 1.29 is 9.90 Å². The van der Waals surface area contributed by atoms with E-state index in [-0.39, 0.29) is 12.0 Å². The predicted octanol–water partition coefficient (Wildman–Crippen LogP) is 1.61. The van der Waals surface area contributed by atoms with E-state index < -0.39 is 5.97 Å². The van der Waals surface area contributed by atoms with Crippen LogP contribution in [0.2, 0.25) is 0 Å². The number of aromatic nitrogens is 1. The minimum atomic E-state index is -0.845. The lowest BCUT2D eigenvalue weighted by molar-refractivity contribution is -0.135. The summed E-state index contributed by atoms with van der Waals surface area (Å²) in [6, 6.07) is 0. The molecule has 0 amide bonds. The van der Waals surface area contributed by atoms with Gasteiger partial charge in [-0.1, -0.05) is 20.8 Å². The summed E-state index contributed by atoms with van der Waals surface area (Å²) in [6.07, 6.45) is 0. The van der Waals surface area contributed by atoms with Crippen molar-refractivity contribution in [2.45, 2.75) is 32.7 Å². The molecule has 5 heteroatoms. The van der Waals surface area contributed by atoms with Gasteiger partial charge in [-0.15, -0.1) is 11.3 Å². The highest BCUT2D eigenvalue weighted by atomic mass is 32.1. The molecule has 1 aromatic heterocycles. The summed E-state index contributed by atoms with van der Waals surface area (Å²) in [7, 11) is 0. The van der Waals surface area contributed by atoms with Crippen LogP contribution in [0.3, 0.4) is 0 Å². The van der Waals surface area contributed by atoms with E-state index in [4.69, 9.17) is 5.11 Å². The molecule has 1 aromatic rings. The summed E-state index contributed by atoms with van der Waals surface area (Å²) < 4.78 is 0. The maximum absolute atomic E-state index is 10.3. The lowest BCUT2D eigenvalue weighted by Crippen LogP contribution is -2.22. The highest BCUT2D eigenvalue weighted by Gasteiger charge is 2.17. The molecule has 4 nitrogen and oxygen atoms in total. The van der Waals surface area contributed by atoms with Gasteiger partial charge in [0.15, 0.2) is 0 Å². The van der Waals surface area contributed by atoms with Gasteiger partial charge in [0.05, 0.1) is 12.2 Å². The Morgan fingerprint density at radius 1 is 1.60 bits per heavy atom. The first kappa shape index (κ1) is 12.1. The smallest absolute Gasteiger partial charge is 0.317 e. The molecule has 1 rings (SSSR count). The molecule has 0 radical (unpaired) electrons. The monoisotopic (exact) mass is 228 g/mol. The molecule has 0 unspecified atom stereocenters. The van der Waals surface area contributed by atoms with Crippen LogP contribution in [0, 0.1) is 0 Å². The van der Waals surface area contributed by atoms with E-state index in [9.17, 15) is 4.79 Å². The van der Waals surface area contributed by atoms with Gasteiger partial charge >= 0.3 is 5.97 Å². The van der Waals surface area contributed by atoms with Gasteiger partial charge in [0, 0.05) is 17.3 Å². The summed E-state index contributed by atoms with van der Waals surface area (Å²) in [5.74, 6) is -0.845. The minimum absolute atomic E-state index is 0.0234. The summed E-state index contributed by atoms with van der Waals surface area (Å²) in [5.41, 5.74) is 1.11. The van der Waals surface area contributed by atoms with E-state index in [1.54, 1.807) is 11.3 Å². The fourth-order valence-electron chi connectivity index (χ4n) is 1.01. The van der Waals surface area contributed by atoms with Gasteiger partial charge in [0.2, 0.25) is 0 Å². The molecule has 0 aliphatic rings. The number of nitrogens with one attached hydrogen (secondary N) is 1. The Morgan fingerprint density at radius 3 is 2.73 bits per heavy atom. The Hall–Kier alpha value is -0.940. The predicted molar refractivity (Wildman–Crippen MR) is 60.2 cm³/mol. The fraction of sp³-hybridized carbons (Fsp3) is 0.600. The van der Waals surface area contributed by atoms with Crippen molar-refractivity contribution in [3.63, 3.8) is 0 Å². The van der Waals surface area contributed by atoms with E-state index in [1.165, 1.54) is 0 Å². The number of rotatable bonds is 4. The van der Waals surface area contributed by atoms with Gasteiger partial charge in [-0.3, -0.25) is 4.79 Å². The van der Waals surface area contributed by atoms with Crippen LogP contribution >= 0.6 is 11.3 Å². The maximum Gasteiger partial charge on any atom is 0.317 e. The van der Waals surface area contributed by atoms with E-state index in [2.05, 4.69) is 31.1 Å². The maximum atomic E-state index is 10.3. The summed E-state index contributed by atoms with van der Waals surface area (Å²) in [4.78, 5) is 14.7. The Labute approximate surface area is 93.4 Å². The third kappa shape index (κ3) is 3.97. The average Bonchev–Trinajstić information content (AvgIpc) is 2.51. The second-order valence-electron chi connectivity index (χ2n) is 4.37. The first-order valence-electron chi connectivity index (χ1n) is 4.77. The molecule has 84 valence electrons. The lowest BCUT2D eigenvalue weighted by Gasteiger charge is -2.14. The normalized spacial score (nSPS) is 11.7. The van der Waals surface area contributed by atoms with E-state index in [1.807, 2.05) is 5.38 Å². The molecule has 15 heavy (non-hydrogen) atoms. The van der Waals surface area contributed by atoms with Crippen LogP contribution in [-0.2, 0) is 16.8 Å². The van der Waals surface area contributed by atoms with Gasteiger partial charge in [0.25, 0.3) is 0 Å². The number of aliphatic carboxylic acids is 1. The Kier molecular flexibility index (Phi) is 3.82. The van der Waals surface area contributed by atoms with Gasteiger partial charge in [-0.2, -0.15) is 0 Å². The molecule has 0 aliphatic heterocycles. The SMILES string of the molecule is CC(C)(C)c1csc(CNCC(=O)O)n1. The average molecular weight is 228 g/mol. The summed E-state index contributed by atoms with van der Waals surface area (Å²) in [5, 5.41) is 14.2. The van der Waals surface area contributed by atoms with Crippen LogP contribution in [0.25, 0.3) is 0 Å². The third-order valence-corrected chi connectivity index (χ3v) is 2.72. The Bertz CT molecular complexity index is 341. The third-order valence-electron chi connectivity index (χ3n) is 1.87. The number of carboxylic acids is 1. The molecule has 0 saturated heterocycles. The van der Waals surface area contributed by atoms with Crippen LogP contribution in [0.1, 0.15) is 31.5 Å². The second kappa shape index (κ2) is 4.72. The highest BCUT2D eigenvalue weighted by molar-refractivity contribution is 7.09. The van der Waals surface area contributed by atoms with Crippen molar-refractivity contribution in [3.05, 3.63) is 16.1 Å². The Balaban J connectivity index is 2.50.